The molecule has 6 rings (SSSR count). The van der Waals surface area contributed by atoms with Crippen molar-refractivity contribution in [1.29, 1.82) is 0 Å². The number of aryl methyl sites for hydroxylation is 1. The molecule has 0 radical (unpaired) electrons. The number of ketones is 1. The monoisotopic (exact) mass is 405 g/mol. The fourth-order valence-electron chi connectivity index (χ4n) is 6.48. The summed E-state index contributed by atoms with van der Waals surface area (Å²) in [7, 11) is -3.87. The normalized spacial score (nSPS) is 36.9. The van der Waals surface area contributed by atoms with Gasteiger partial charge in [0.25, 0.3) is 0 Å². The molecule has 2 saturated heterocycles. The lowest BCUT2D eigenvalue weighted by molar-refractivity contribution is -0.122. The van der Waals surface area contributed by atoms with Crippen molar-refractivity contribution in [3.05, 3.63) is 77.4 Å². The van der Waals surface area contributed by atoms with Crippen molar-refractivity contribution < 1.29 is 13.2 Å². The smallest absolute Gasteiger partial charge is 0.193 e. The van der Waals surface area contributed by atoms with Gasteiger partial charge in [-0.05, 0) is 55.4 Å². The Labute approximate surface area is 171 Å². The average molecular weight is 406 g/mol. The largest absolute Gasteiger partial charge is 0.296 e. The standard InChI is InChI=1S/C24H23NO3S/c1-14-7-10-16(11-8-14)29(27,28)24-13-19-15(2)9-12-20(19)25-21(23(24)26)17-5-3-4-6-18(17)22(24)25/h3-8,10-11,19-22H,2,9,12-13H2,1H3/t19-,20+,21?,22?,24?/m0/s1. The van der Waals surface area contributed by atoms with Gasteiger partial charge in [-0.15, -0.1) is 0 Å². The Hall–Kier alpha value is -2.24. The minimum Gasteiger partial charge on any atom is -0.296 e. The molecule has 4 bridgehead atoms. The van der Waals surface area contributed by atoms with Crippen molar-refractivity contribution in [2.75, 3.05) is 0 Å². The molecule has 2 aromatic rings. The predicted molar refractivity (Wildman–Crippen MR) is 110 cm³/mol. The van der Waals surface area contributed by atoms with Crippen LogP contribution >= 0.6 is 0 Å². The quantitative estimate of drug-likeness (QED) is 0.711. The molecule has 3 aliphatic heterocycles. The third kappa shape index (κ3) is 1.89. The molecule has 0 aromatic heterocycles. The number of carbonyl (C=O) groups is 1. The summed E-state index contributed by atoms with van der Waals surface area (Å²) in [5, 5.41) is 0. The third-order valence-electron chi connectivity index (χ3n) is 7.76. The summed E-state index contributed by atoms with van der Waals surface area (Å²) in [5.41, 5.74) is 4.11. The molecule has 148 valence electrons. The number of nitrogens with zero attached hydrogens (tertiary/aromatic N) is 1. The summed E-state index contributed by atoms with van der Waals surface area (Å²) in [4.78, 5) is 16.4. The first-order chi connectivity index (χ1) is 13.9. The van der Waals surface area contributed by atoms with Crippen molar-refractivity contribution in [2.45, 2.75) is 54.0 Å². The lowest BCUT2D eigenvalue weighted by Gasteiger charge is -2.45. The summed E-state index contributed by atoms with van der Waals surface area (Å²) < 4.78 is 26.8. The summed E-state index contributed by atoms with van der Waals surface area (Å²) in [6.07, 6.45) is 2.23. The van der Waals surface area contributed by atoms with Crippen LogP contribution in [0.3, 0.4) is 0 Å². The zero-order valence-corrected chi connectivity index (χ0v) is 17.2. The van der Waals surface area contributed by atoms with Crippen LogP contribution in [0.25, 0.3) is 0 Å². The average Bonchev–Trinajstić information content (AvgIpc) is 3.30. The second-order valence-electron chi connectivity index (χ2n) is 9.03. The van der Waals surface area contributed by atoms with Crippen molar-refractivity contribution in [3.63, 3.8) is 0 Å². The number of hydrogen-bond acceptors (Lipinski definition) is 4. The molecule has 4 nitrogen and oxygen atoms in total. The third-order valence-corrected chi connectivity index (χ3v) is 10.2. The van der Waals surface area contributed by atoms with E-state index in [0.29, 0.717) is 6.42 Å². The second-order valence-corrected chi connectivity index (χ2v) is 11.2. The van der Waals surface area contributed by atoms with Crippen LogP contribution in [0.15, 0.2) is 65.6 Å². The van der Waals surface area contributed by atoms with Crippen LogP contribution in [0.4, 0.5) is 0 Å². The maximum Gasteiger partial charge on any atom is 0.193 e. The van der Waals surface area contributed by atoms with Gasteiger partial charge in [-0.1, -0.05) is 54.1 Å². The number of benzene rings is 2. The Kier molecular flexibility index (Phi) is 3.32. The molecule has 0 amide bonds. The molecule has 3 heterocycles. The molecule has 6 atom stereocenters. The summed E-state index contributed by atoms with van der Waals surface area (Å²) in [5.74, 6) is -0.0706. The fourth-order valence-corrected chi connectivity index (χ4v) is 8.71. The Morgan fingerprint density at radius 1 is 1.07 bits per heavy atom. The van der Waals surface area contributed by atoms with E-state index in [1.165, 1.54) is 0 Å². The molecule has 2 aromatic carbocycles. The summed E-state index contributed by atoms with van der Waals surface area (Å²) in [6.45, 7) is 6.18. The van der Waals surface area contributed by atoms with Crippen LogP contribution in [0.1, 0.15) is 48.0 Å². The van der Waals surface area contributed by atoms with E-state index in [2.05, 4.69) is 11.5 Å². The van der Waals surface area contributed by atoms with Gasteiger partial charge in [-0.25, -0.2) is 8.42 Å². The van der Waals surface area contributed by atoms with Crippen LogP contribution in [-0.2, 0) is 14.6 Å². The van der Waals surface area contributed by atoms with E-state index in [0.717, 1.165) is 35.1 Å². The van der Waals surface area contributed by atoms with E-state index in [1.807, 2.05) is 43.3 Å². The first-order valence-electron chi connectivity index (χ1n) is 10.3. The Bertz CT molecular complexity index is 1180. The van der Waals surface area contributed by atoms with Crippen LogP contribution in [-0.4, -0.2) is 29.9 Å². The maximum atomic E-state index is 14.1. The predicted octanol–water partition coefficient (Wildman–Crippen LogP) is 3.93. The molecule has 29 heavy (non-hydrogen) atoms. The molecule has 5 heteroatoms. The number of hydrogen-bond donors (Lipinski definition) is 0. The van der Waals surface area contributed by atoms with Gasteiger partial charge in [0.05, 0.1) is 17.0 Å². The molecule has 1 saturated carbocycles. The van der Waals surface area contributed by atoms with Gasteiger partial charge in [0.15, 0.2) is 20.4 Å². The van der Waals surface area contributed by atoms with Gasteiger partial charge in [0.2, 0.25) is 0 Å². The molecular formula is C24H23NO3S. The molecule has 3 fully saturated rings. The van der Waals surface area contributed by atoms with Crippen LogP contribution in [0.2, 0.25) is 0 Å². The van der Waals surface area contributed by atoms with Gasteiger partial charge >= 0.3 is 0 Å². The van der Waals surface area contributed by atoms with E-state index >= 15 is 0 Å². The highest BCUT2D eigenvalue weighted by atomic mass is 32.2. The number of rotatable bonds is 2. The number of sulfone groups is 1. The first-order valence-corrected chi connectivity index (χ1v) is 11.8. The minimum atomic E-state index is -3.87. The highest BCUT2D eigenvalue weighted by molar-refractivity contribution is 7.93. The van der Waals surface area contributed by atoms with E-state index in [-0.39, 0.29) is 22.6 Å². The molecule has 0 N–H and O–H groups in total. The van der Waals surface area contributed by atoms with Crippen molar-refractivity contribution >= 4 is 15.6 Å². The lowest BCUT2D eigenvalue weighted by atomic mass is 9.74. The Morgan fingerprint density at radius 2 is 1.76 bits per heavy atom. The van der Waals surface area contributed by atoms with Crippen LogP contribution in [0.5, 0.6) is 0 Å². The highest BCUT2D eigenvalue weighted by Crippen LogP contribution is 2.68. The number of fused-ring (bicyclic) bond motifs is 3. The Balaban J connectivity index is 1.63. The lowest BCUT2D eigenvalue weighted by Crippen LogP contribution is -2.56. The molecular weight excluding hydrogens is 382 g/mol. The van der Waals surface area contributed by atoms with Crippen LogP contribution in [0, 0.1) is 12.8 Å². The molecule has 4 aliphatic rings. The van der Waals surface area contributed by atoms with Gasteiger partial charge < -0.3 is 0 Å². The summed E-state index contributed by atoms with van der Waals surface area (Å²) >= 11 is 0. The van der Waals surface area contributed by atoms with Gasteiger partial charge in [-0.3, -0.25) is 9.69 Å². The first kappa shape index (κ1) is 17.6. The topological polar surface area (TPSA) is 54.5 Å². The fraction of sp³-hybridized carbons (Fsp3) is 0.375. The molecule has 0 spiro atoms. The van der Waals surface area contributed by atoms with Crippen molar-refractivity contribution in [3.8, 4) is 0 Å². The molecule has 1 aliphatic carbocycles. The van der Waals surface area contributed by atoms with Gasteiger partial charge in [-0.2, -0.15) is 0 Å². The van der Waals surface area contributed by atoms with Crippen molar-refractivity contribution in [2.24, 2.45) is 5.92 Å². The van der Waals surface area contributed by atoms with Gasteiger partial charge in [0.1, 0.15) is 0 Å². The number of piperidine rings is 1. The minimum absolute atomic E-state index is 0.0646. The van der Waals surface area contributed by atoms with E-state index in [4.69, 9.17) is 0 Å². The number of Topliss-reactive ketones (excluding diaryl/α,β-unsaturated/α-hetero) is 1. The summed E-state index contributed by atoms with van der Waals surface area (Å²) in [6, 6.07) is 14.2. The van der Waals surface area contributed by atoms with E-state index in [9.17, 15) is 13.2 Å². The van der Waals surface area contributed by atoms with E-state index < -0.39 is 26.7 Å². The van der Waals surface area contributed by atoms with E-state index in [1.54, 1.807) is 12.1 Å². The Morgan fingerprint density at radius 3 is 2.48 bits per heavy atom. The maximum absolute atomic E-state index is 14.1. The van der Waals surface area contributed by atoms with Crippen molar-refractivity contribution in [1.82, 2.24) is 4.90 Å². The highest BCUT2D eigenvalue weighted by Gasteiger charge is 2.75. The SMILES string of the molecule is C=C1CC[C@@H]2[C@H]1CC1(S(=O)(=O)c3ccc(C)cc3)C(=O)C3c4ccccc4C1N32. The van der Waals surface area contributed by atoms with Crippen LogP contribution < -0.4 is 0 Å². The van der Waals surface area contributed by atoms with Gasteiger partial charge in [0, 0.05) is 6.04 Å². The zero-order chi connectivity index (χ0) is 20.1. The zero-order valence-electron chi connectivity index (χ0n) is 16.3. The molecule has 4 unspecified atom stereocenters. The second kappa shape index (κ2) is 5.46. The number of carbonyl (C=O) groups excluding carboxylic acids is 1.